The zero-order chi connectivity index (χ0) is 22.6. The second-order valence-corrected chi connectivity index (χ2v) is 8.12. The van der Waals surface area contributed by atoms with Crippen LogP contribution in [0.25, 0.3) is 10.8 Å². The Morgan fingerprint density at radius 2 is 1.67 bits per heavy atom. The van der Waals surface area contributed by atoms with Crippen LogP contribution in [0.15, 0.2) is 104 Å². The van der Waals surface area contributed by atoms with Gasteiger partial charge in [0.2, 0.25) is 0 Å². The highest BCUT2D eigenvalue weighted by molar-refractivity contribution is 6.02. The third kappa shape index (κ3) is 4.08. The SMILES string of the molecule is C=CCN1C(=O)c2ccccc2NC1c1c(OCCc2ccccc2)ccc2ccccc12. The lowest BCUT2D eigenvalue weighted by molar-refractivity contribution is 0.0706. The summed E-state index contributed by atoms with van der Waals surface area (Å²) in [5.41, 5.74) is 3.69. The molecule has 0 fully saturated rings. The van der Waals surface area contributed by atoms with Crippen molar-refractivity contribution in [2.45, 2.75) is 12.6 Å². The molecule has 0 saturated heterocycles. The Morgan fingerprint density at radius 3 is 2.52 bits per heavy atom. The summed E-state index contributed by atoms with van der Waals surface area (Å²) in [4.78, 5) is 15.3. The Hall–Kier alpha value is -4.05. The lowest BCUT2D eigenvalue weighted by Gasteiger charge is -2.38. The van der Waals surface area contributed by atoms with E-state index >= 15 is 0 Å². The summed E-state index contributed by atoms with van der Waals surface area (Å²) in [6, 6.07) is 30.3. The monoisotopic (exact) mass is 434 g/mol. The van der Waals surface area contributed by atoms with Crippen molar-refractivity contribution in [3.05, 3.63) is 120 Å². The van der Waals surface area contributed by atoms with Crippen molar-refractivity contribution in [2.24, 2.45) is 0 Å². The number of nitrogens with zero attached hydrogens (tertiary/aromatic N) is 1. The maximum Gasteiger partial charge on any atom is 0.258 e. The molecule has 1 unspecified atom stereocenters. The van der Waals surface area contributed by atoms with Crippen LogP contribution in [-0.4, -0.2) is 24.0 Å². The quantitative estimate of drug-likeness (QED) is 0.351. The van der Waals surface area contributed by atoms with Gasteiger partial charge in [-0.1, -0.05) is 78.9 Å². The fourth-order valence-corrected chi connectivity index (χ4v) is 4.46. The van der Waals surface area contributed by atoms with Gasteiger partial charge in [0.1, 0.15) is 11.9 Å². The second-order valence-electron chi connectivity index (χ2n) is 8.12. The number of amides is 1. The molecule has 1 N–H and O–H groups in total. The topological polar surface area (TPSA) is 41.6 Å². The third-order valence-electron chi connectivity index (χ3n) is 6.04. The molecule has 1 aliphatic heterocycles. The summed E-state index contributed by atoms with van der Waals surface area (Å²) < 4.78 is 6.35. The molecular weight excluding hydrogens is 408 g/mol. The van der Waals surface area contributed by atoms with E-state index in [9.17, 15) is 4.79 Å². The van der Waals surface area contributed by atoms with Crippen molar-refractivity contribution in [3.8, 4) is 5.75 Å². The van der Waals surface area contributed by atoms with E-state index in [2.05, 4.69) is 42.2 Å². The van der Waals surface area contributed by atoms with Crippen molar-refractivity contribution >= 4 is 22.4 Å². The van der Waals surface area contributed by atoms with Crippen LogP contribution in [-0.2, 0) is 6.42 Å². The number of hydrogen-bond acceptors (Lipinski definition) is 3. The molecule has 1 heterocycles. The predicted octanol–water partition coefficient (Wildman–Crippen LogP) is 6.21. The summed E-state index contributed by atoms with van der Waals surface area (Å²) in [6.07, 6.45) is 2.20. The number of hydrogen-bond donors (Lipinski definition) is 1. The standard InChI is InChI=1S/C29H26N2O2/c1-2-19-31-28(30-25-15-9-8-14-24(25)29(31)32)27-23-13-7-6-12-22(23)16-17-26(27)33-20-18-21-10-4-3-5-11-21/h2-17,28,30H,1,18-20H2. The maximum atomic E-state index is 13.4. The van der Waals surface area contributed by atoms with Crippen LogP contribution in [0, 0.1) is 0 Å². The molecule has 0 saturated carbocycles. The Kier molecular flexibility index (Phi) is 5.81. The molecule has 4 aromatic carbocycles. The minimum absolute atomic E-state index is 0.0163. The fraction of sp³-hybridized carbons (Fsp3) is 0.138. The summed E-state index contributed by atoms with van der Waals surface area (Å²) in [7, 11) is 0. The highest BCUT2D eigenvalue weighted by atomic mass is 16.5. The van der Waals surface area contributed by atoms with Gasteiger partial charge in [-0.05, 0) is 34.5 Å². The minimum atomic E-state index is -0.372. The number of nitrogens with one attached hydrogen (secondary N) is 1. The molecule has 164 valence electrons. The van der Waals surface area contributed by atoms with Crippen LogP contribution in [0.4, 0.5) is 5.69 Å². The number of carbonyl (C=O) groups is 1. The molecule has 4 heteroatoms. The minimum Gasteiger partial charge on any atom is -0.493 e. The summed E-state index contributed by atoms with van der Waals surface area (Å²) in [6.45, 7) is 4.87. The number of para-hydroxylation sites is 1. The molecule has 1 aliphatic rings. The van der Waals surface area contributed by atoms with Gasteiger partial charge in [-0.3, -0.25) is 4.79 Å². The van der Waals surface area contributed by atoms with E-state index in [0.717, 1.165) is 34.2 Å². The molecule has 4 nitrogen and oxygen atoms in total. The van der Waals surface area contributed by atoms with Crippen LogP contribution < -0.4 is 10.1 Å². The predicted molar refractivity (Wildman–Crippen MR) is 134 cm³/mol. The lowest BCUT2D eigenvalue weighted by Crippen LogP contribution is -2.43. The van der Waals surface area contributed by atoms with Gasteiger partial charge in [0.25, 0.3) is 5.91 Å². The van der Waals surface area contributed by atoms with E-state index in [4.69, 9.17) is 4.74 Å². The van der Waals surface area contributed by atoms with Gasteiger partial charge in [0.05, 0.1) is 12.2 Å². The van der Waals surface area contributed by atoms with Crippen LogP contribution in [0.3, 0.4) is 0 Å². The number of anilines is 1. The summed E-state index contributed by atoms with van der Waals surface area (Å²) in [5, 5.41) is 5.77. The normalized spacial score (nSPS) is 15.1. The van der Waals surface area contributed by atoms with Crippen molar-refractivity contribution in [1.82, 2.24) is 4.90 Å². The molecule has 5 rings (SSSR count). The molecule has 4 aromatic rings. The Balaban J connectivity index is 1.57. The number of rotatable bonds is 7. The van der Waals surface area contributed by atoms with E-state index in [1.807, 2.05) is 65.6 Å². The smallest absolute Gasteiger partial charge is 0.258 e. The second kappa shape index (κ2) is 9.21. The van der Waals surface area contributed by atoms with Gasteiger partial charge < -0.3 is 15.0 Å². The Morgan fingerprint density at radius 1 is 0.909 bits per heavy atom. The van der Waals surface area contributed by atoms with Gasteiger partial charge in [-0.15, -0.1) is 6.58 Å². The third-order valence-corrected chi connectivity index (χ3v) is 6.04. The van der Waals surface area contributed by atoms with Crippen molar-refractivity contribution in [1.29, 1.82) is 0 Å². The Bertz CT molecular complexity index is 1300. The van der Waals surface area contributed by atoms with E-state index < -0.39 is 0 Å². The van der Waals surface area contributed by atoms with E-state index in [1.165, 1.54) is 5.56 Å². The first-order valence-electron chi connectivity index (χ1n) is 11.2. The van der Waals surface area contributed by atoms with Gasteiger partial charge >= 0.3 is 0 Å². The molecule has 0 radical (unpaired) electrons. The van der Waals surface area contributed by atoms with E-state index in [0.29, 0.717) is 18.7 Å². The highest BCUT2D eigenvalue weighted by Gasteiger charge is 2.34. The molecular formula is C29H26N2O2. The molecule has 1 amide bonds. The number of benzene rings is 4. The van der Waals surface area contributed by atoms with Crippen molar-refractivity contribution in [2.75, 3.05) is 18.5 Å². The van der Waals surface area contributed by atoms with Gasteiger partial charge in [0.15, 0.2) is 0 Å². The van der Waals surface area contributed by atoms with Crippen LogP contribution in [0.2, 0.25) is 0 Å². The average molecular weight is 435 g/mol. The first kappa shape index (κ1) is 20.8. The largest absolute Gasteiger partial charge is 0.493 e. The summed E-state index contributed by atoms with van der Waals surface area (Å²) >= 11 is 0. The lowest BCUT2D eigenvalue weighted by atomic mass is 9.97. The summed E-state index contributed by atoms with van der Waals surface area (Å²) in [5.74, 6) is 0.765. The molecule has 0 aliphatic carbocycles. The number of ether oxygens (including phenoxy) is 1. The highest BCUT2D eigenvalue weighted by Crippen LogP contribution is 2.40. The molecule has 33 heavy (non-hydrogen) atoms. The zero-order valence-corrected chi connectivity index (χ0v) is 18.4. The van der Waals surface area contributed by atoms with Gasteiger partial charge in [-0.25, -0.2) is 0 Å². The zero-order valence-electron chi connectivity index (χ0n) is 18.4. The molecule has 0 aromatic heterocycles. The van der Waals surface area contributed by atoms with Crippen LogP contribution >= 0.6 is 0 Å². The van der Waals surface area contributed by atoms with Crippen LogP contribution in [0.1, 0.15) is 27.7 Å². The Labute approximate surface area is 194 Å². The molecule has 1 atom stereocenters. The number of carbonyl (C=O) groups excluding carboxylic acids is 1. The fourth-order valence-electron chi connectivity index (χ4n) is 4.46. The maximum absolute atomic E-state index is 13.4. The van der Waals surface area contributed by atoms with E-state index in [1.54, 1.807) is 6.08 Å². The van der Waals surface area contributed by atoms with Gasteiger partial charge in [-0.2, -0.15) is 0 Å². The van der Waals surface area contributed by atoms with Crippen LogP contribution in [0.5, 0.6) is 5.75 Å². The average Bonchev–Trinajstić information content (AvgIpc) is 2.86. The first-order chi connectivity index (χ1) is 16.3. The van der Waals surface area contributed by atoms with E-state index in [-0.39, 0.29) is 12.1 Å². The first-order valence-corrected chi connectivity index (χ1v) is 11.2. The molecule has 0 spiro atoms. The van der Waals surface area contributed by atoms with Crippen molar-refractivity contribution in [3.63, 3.8) is 0 Å². The van der Waals surface area contributed by atoms with Crippen molar-refractivity contribution < 1.29 is 9.53 Å². The van der Waals surface area contributed by atoms with Gasteiger partial charge in [0, 0.05) is 24.2 Å². The number of fused-ring (bicyclic) bond motifs is 2. The molecule has 0 bridgehead atoms.